The highest BCUT2D eigenvalue weighted by Crippen LogP contribution is 2.24. The molecular weight excluding hydrogens is 334 g/mol. The summed E-state index contributed by atoms with van der Waals surface area (Å²) in [6.07, 6.45) is 0. The van der Waals surface area contributed by atoms with E-state index in [-0.39, 0.29) is 11.2 Å². The Hall–Kier alpha value is -1.26. The SMILES string of the molecule is CC(SCc1ccccc1Br)C(=O)Nc1ccccc1. The van der Waals surface area contributed by atoms with Crippen molar-refractivity contribution in [3.05, 3.63) is 64.6 Å². The van der Waals surface area contributed by atoms with Gasteiger partial charge < -0.3 is 5.32 Å². The van der Waals surface area contributed by atoms with Crippen molar-refractivity contribution < 1.29 is 4.79 Å². The normalized spacial score (nSPS) is 11.9. The molecule has 1 unspecified atom stereocenters. The summed E-state index contributed by atoms with van der Waals surface area (Å²) < 4.78 is 1.09. The predicted octanol–water partition coefficient (Wildman–Crippen LogP) is 4.71. The van der Waals surface area contributed by atoms with Crippen LogP contribution in [0.2, 0.25) is 0 Å². The summed E-state index contributed by atoms with van der Waals surface area (Å²) in [6.45, 7) is 1.93. The van der Waals surface area contributed by atoms with Crippen LogP contribution in [0.4, 0.5) is 5.69 Å². The zero-order valence-electron chi connectivity index (χ0n) is 11.2. The number of hydrogen-bond acceptors (Lipinski definition) is 2. The van der Waals surface area contributed by atoms with Crippen LogP contribution in [0.3, 0.4) is 0 Å². The largest absolute Gasteiger partial charge is 0.325 e. The van der Waals surface area contributed by atoms with E-state index in [1.165, 1.54) is 5.56 Å². The van der Waals surface area contributed by atoms with E-state index in [1.54, 1.807) is 11.8 Å². The lowest BCUT2D eigenvalue weighted by molar-refractivity contribution is -0.115. The molecule has 20 heavy (non-hydrogen) atoms. The van der Waals surface area contributed by atoms with Gasteiger partial charge in [-0.25, -0.2) is 0 Å². The summed E-state index contributed by atoms with van der Waals surface area (Å²) in [5.41, 5.74) is 2.04. The van der Waals surface area contributed by atoms with Gasteiger partial charge in [-0.1, -0.05) is 52.3 Å². The third-order valence-corrected chi connectivity index (χ3v) is 4.82. The summed E-state index contributed by atoms with van der Waals surface area (Å²) in [4.78, 5) is 12.1. The van der Waals surface area contributed by atoms with E-state index in [2.05, 4.69) is 27.3 Å². The Morgan fingerprint density at radius 2 is 1.80 bits per heavy atom. The molecule has 4 heteroatoms. The number of carbonyl (C=O) groups excluding carboxylic acids is 1. The second kappa shape index (κ2) is 7.50. The maximum atomic E-state index is 12.1. The molecule has 0 radical (unpaired) electrons. The van der Waals surface area contributed by atoms with Crippen molar-refractivity contribution >= 4 is 39.3 Å². The van der Waals surface area contributed by atoms with Crippen LogP contribution in [-0.2, 0) is 10.5 Å². The lowest BCUT2D eigenvalue weighted by Gasteiger charge is -2.12. The summed E-state index contributed by atoms with van der Waals surface area (Å²) in [7, 11) is 0. The number of benzene rings is 2. The molecule has 0 heterocycles. The number of nitrogens with one attached hydrogen (secondary N) is 1. The van der Waals surface area contributed by atoms with E-state index in [9.17, 15) is 4.79 Å². The van der Waals surface area contributed by atoms with Crippen LogP contribution in [0, 0.1) is 0 Å². The van der Waals surface area contributed by atoms with Crippen molar-refractivity contribution in [2.75, 3.05) is 5.32 Å². The lowest BCUT2D eigenvalue weighted by Crippen LogP contribution is -2.22. The van der Waals surface area contributed by atoms with Crippen LogP contribution in [0.15, 0.2) is 59.1 Å². The number of amides is 1. The van der Waals surface area contributed by atoms with Crippen molar-refractivity contribution in [3.63, 3.8) is 0 Å². The molecule has 2 aromatic rings. The average Bonchev–Trinajstić information content (AvgIpc) is 2.47. The molecule has 0 aliphatic carbocycles. The van der Waals surface area contributed by atoms with Crippen LogP contribution < -0.4 is 5.32 Å². The van der Waals surface area contributed by atoms with E-state index in [1.807, 2.05) is 55.5 Å². The molecule has 2 aromatic carbocycles. The highest BCUT2D eigenvalue weighted by atomic mass is 79.9. The Morgan fingerprint density at radius 1 is 1.15 bits per heavy atom. The first kappa shape index (κ1) is 15.1. The zero-order valence-corrected chi connectivity index (χ0v) is 13.6. The molecule has 2 rings (SSSR count). The molecule has 0 saturated heterocycles. The molecule has 1 N–H and O–H groups in total. The number of rotatable bonds is 5. The minimum absolute atomic E-state index is 0.0354. The molecule has 0 aliphatic heterocycles. The van der Waals surface area contributed by atoms with E-state index < -0.39 is 0 Å². The van der Waals surface area contributed by atoms with Crippen molar-refractivity contribution in [3.8, 4) is 0 Å². The van der Waals surface area contributed by atoms with Gasteiger partial charge in [0.25, 0.3) is 0 Å². The number of hydrogen-bond donors (Lipinski definition) is 1. The van der Waals surface area contributed by atoms with E-state index in [0.29, 0.717) is 0 Å². The van der Waals surface area contributed by atoms with Gasteiger partial charge in [-0.3, -0.25) is 4.79 Å². The van der Waals surface area contributed by atoms with Crippen molar-refractivity contribution in [2.24, 2.45) is 0 Å². The number of halogens is 1. The molecule has 0 saturated carbocycles. The van der Waals surface area contributed by atoms with Gasteiger partial charge in [0, 0.05) is 15.9 Å². The minimum Gasteiger partial charge on any atom is -0.325 e. The summed E-state index contributed by atoms with van der Waals surface area (Å²) in [6, 6.07) is 17.6. The molecule has 2 nitrogen and oxygen atoms in total. The maximum absolute atomic E-state index is 12.1. The predicted molar refractivity (Wildman–Crippen MR) is 90.0 cm³/mol. The average molecular weight is 350 g/mol. The molecule has 104 valence electrons. The minimum atomic E-state index is -0.0951. The van der Waals surface area contributed by atoms with Gasteiger partial charge in [-0.15, -0.1) is 11.8 Å². The molecule has 1 amide bonds. The van der Waals surface area contributed by atoms with Crippen molar-refractivity contribution in [1.29, 1.82) is 0 Å². The topological polar surface area (TPSA) is 29.1 Å². The lowest BCUT2D eigenvalue weighted by atomic mass is 10.2. The quantitative estimate of drug-likeness (QED) is 0.846. The molecule has 0 spiro atoms. The second-order valence-corrected chi connectivity index (χ2v) is 6.58. The highest BCUT2D eigenvalue weighted by Gasteiger charge is 2.14. The van der Waals surface area contributed by atoms with Crippen molar-refractivity contribution in [2.45, 2.75) is 17.9 Å². The third-order valence-electron chi connectivity index (χ3n) is 2.86. The monoisotopic (exact) mass is 349 g/mol. The van der Waals surface area contributed by atoms with Gasteiger partial charge in [-0.05, 0) is 30.7 Å². The Bertz CT molecular complexity index is 574. The van der Waals surface area contributed by atoms with Gasteiger partial charge >= 0.3 is 0 Å². The first-order valence-electron chi connectivity index (χ1n) is 6.38. The van der Waals surface area contributed by atoms with Crippen LogP contribution in [0.1, 0.15) is 12.5 Å². The third kappa shape index (κ3) is 4.39. The van der Waals surface area contributed by atoms with Gasteiger partial charge in [0.15, 0.2) is 0 Å². The molecule has 1 atom stereocenters. The Morgan fingerprint density at radius 3 is 2.50 bits per heavy atom. The Kier molecular flexibility index (Phi) is 5.68. The van der Waals surface area contributed by atoms with Crippen molar-refractivity contribution in [1.82, 2.24) is 0 Å². The van der Waals surface area contributed by atoms with Crippen LogP contribution >= 0.6 is 27.7 Å². The Balaban J connectivity index is 1.87. The van der Waals surface area contributed by atoms with Gasteiger partial charge in [0.1, 0.15) is 0 Å². The molecule has 0 fully saturated rings. The molecule has 0 aliphatic rings. The van der Waals surface area contributed by atoms with Gasteiger partial charge in [0.2, 0.25) is 5.91 Å². The molecule has 0 bridgehead atoms. The van der Waals surface area contributed by atoms with E-state index in [0.717, 1.165) is 15.9 Å². The fourth-order valence-corrected chi connectivity index (χ4v) is 3.17. The zero-order chi connectivity index (χ0) is 14.4. The van der Waals surface area contributed by atoms with E-state index in [4.69, 9.17) is 0 Å². The fourth-order valence-electron chi connectivity index (χ4n) is 1.67. The van der Waals surface area contributed by atoms with E-state index >= 15 is 0 Å². The molecule has 0 aromatic heterocycles. The summed E-state index contributed by atoms with van der Waals surface area (Å²) >= 11 is 5.15. The number of carbonyl (C=O) groups is 1. The first-order chi connectivity index (χ1) is 9.66. The first-order valence-corrected chi connectivity index (χ1v) is 8.22. The Labute approximate surface area is 132 Å². The number of para-hydroxylation sites is 1. The highest BCUT2D eigenvalue weighted by molar-refractivity contribution is 9.10. The molecular formula is C16H16BrNOS. The second-order valence-electron chi connectivity index (χ2n) is 4.40. The standard InChI is InChI=1S/C16H16BrNOS/c1-12(16(19)18-14-8-3-2-4-9-14)20-11-13-7-5-6-10-15(13)17/h2-10,12H,11H2,1H3,(H,18,19). The van der Waals surface area contributed by atoms with Crippen LogP contribution in [-0.4, -0.2) is 11.2 Å². The number of anilines is 1. The summed E-state index contributed by atoms with van der Waals surface area (Å²) in [5.74, 6) is 0.846. The number of thioether (sulfide) groups is 1. The fraction of sp³-hybridized carbons (Fsp3) is 0.188. The van der Waals surface area contributed by atoms with Gasteiger partial charge in [-0.2, -0.15) is 0 Å². The van der Waals surface area contributed by atoms with Gasteiger partial charge in [0.05, 0.1) is 5.25 Å². The smallest absolute Gasteiger partial charge is 0.237 e. The summed E-state index contributed by atoms with van der Waals surface area (Å²) in [5, 5.41) is 2.83. The van der Waals surface area contributed by atoms with Crippen LogP contribution in [0.5, 0.6) is 0 Å². The van der Waals surface area contributed by atoms with Crippen LogP contribution in [0.25, 0.3) is 0 Å². The maximum Gasteiger partial charge on any atom is 0.237 e.